The number of hydrogen-bond acceptors (Lipinski definition) is 6. The highest BCUT2D eigenvalue weighted by Crippen LogP contribution is 2.30. The van der Waals surface area contributed by atoms with Gasteiger partial charge in [0.25, 0.3) is 15.7 Å². The topological polar surface area (TPSA) is 132 Å². The highest BCUT2D eigenvalue weighted by Gasteiger charge is 2.28. The van der Waals surface area contributed by atoms with E-state index < -0.39 is 32.2 Å². The summed E-state index contributed by atoms with van der Waals surface area (Å²) >= 11 is 0. The Bertz CT molecular complexity index is 1160. The van der Waals surface area contributed by atoms with Crippen molar-refractivity contribution in [1.82, 2.24) is 8.96 Å². The Balaban J connectivity index is 2.39. The Morgan fingerprint density at radius 1 is 1.19 bits per heavy atom. The molecule has 26 heavy (non-hydrogen) atoms. The van der Waals surface area contributed by atoms with Crippen LogP contribution in [0.4, 0.5) is 5.69 Å². The molecule has 9 nitrogen and oxygen atoms in total. The maximum atomic E-state index is 13.0. The Kier molecular flexibility index (Phi) is 3.99. The molecule has 1 aromatic heterocycles. The van der Waals surface area contributed by atoms with Crippen LogP contribution in [0.5, 0.6) is 0 Å². The van der Waals surface area contributed by atoms with Gasteiger partial charge in [-0.3, -0.25) is 10.1 Å². The number of nitrogens with zero attached hydrogens (tertiary/aromatic N) is 3. The van der Waals surface area contributed by atoms with Crippen molar-refractivity contribution in [1.29, 1.82) is 0 Å². The lowest BCUT2D eigenvalue weighted by Crippen LogP contribution is -2.15. The van der Waals surface area contributed by atoms with Gasteiger partial charge in [-0.2, -0.15) is 0 Å². The maximum absolute atomic E-state index is 13.0. The molecule has 1 heterocycles. The Hall–Kier alpha value is -3.27. The third-order valence-corrected chi connectivity index (χ3v) is 5.67. The van der Waals surface area contributed by atoms with E-state index in [2.05, 4.69) is 4.98 Å². The summed E-state index contributed by atoms with van der Waals surface area (Å²) in [6.07, 6.45) is 0. The number of carbonyl (C=O) groups is 1. The van der Waals surface area contributed by atoms with Gasteiger partial charge in [-0.05, 0) is 32.0 Å². The van der Waals surface area contributed by atoms with E-state index in [-0.39, 0.29) is 21.8 Å². The molecule has 0 spiro atoms. The summed E-state index contributed by atoms with van der Waals surface area (Å²) in [5.41, 5.74) is -0.451. The quantitative estimate of drug-likeness (QED) is 0.547. The molecule has 0 saturated carbocycles. The van der Waals surface area contributed by atoms with Crippen molar-refractivity contribution in [2.75, 3.05) is 0 Å². The van der Waals surface area contributed by atoms with E-state index in [0.29, 0.717) is 0 Å². The van der Waals surface area contributed by atoms with Crippen molar-refractivity contribution in [3.05, 3.63) is 63.5 Å². The Labute approximate surface area is 147 Å². The molecule has 0 amide bonds. The number of benzene rings is 2. The summed E-state index contributed by atoms with van der Waals surface area (Å²) < 4.78 is 26.8. The number of hydrogen-bond donors (Lipinski definition) is 1. The van der Waals surface area contributed by atoms with Gasteiger partial charge in [0.1, 0.15) is 5.82 Å². The molecular weight excluding hydrogens is 362 g/mol. The minimum atomic E-state index is -4.12. The highest BCUT2D eigenvalue weighted by atomic mass is 32.2. The second-order valence-electron chi connectivity index (χ2n) is 5.67. The summed E-state index contributed by atoms with van der Waals surface area (Å²) in [5, 5.41) is 20.5. The van der Waals surface area contributed by atoms with E-state index in [1.807, 2.05) is 0 Å². The van der Waals surface area contributed by atoms with Gasteiger partial charge in [-0.15, -0.1) is 0 Å². The number of aromatic nitrogens is 2. The number of fused-ring (bicyclic) bond motifs is 1. The van der Waals surface area contributed by atoms with Gasteiger partial charge in [-0.1, -0.05) is 17.7 Å². The summed E-state index contributed by atoms with van der Waals surface area (Å²) in [5.74, 6) is -1.42. The first-order valence-corrected chi connectivity index (χ1v) is 8.80. The molecule has 3 aromatic rings. The smallest absolute Gasteiger partial charge is 0.336 e. The van der Waals surface area contributed by atoms with Crippen LogP contribution in [-0.2, 0) is 10.0 Å². The zero-order valence-corrected chi connectivity index (χ0v) is 14.5. The van der Waals surface area contributed by atoms with E-state index >= 15 is 0 Å². The first-order valence-electron chi connectivity index (χ1n) is 7.36. The number of aryl methyl sites for hydroxylation is 2. The van der Waals surface area contributed by atoms with Crippen LogP contribution < -0.4 is 0 Å². The molecule has 1 N–H and O–H groups in total. The number of non-ortho nitro benzene ring substituents is 1. The number of carboxylic acids is 1. The lowest BCUT2D eigenvalue weighted by atomic mass is 10.1. The lowest BCUT2D eigenvalue weighted by Gasteiger charge is -2.09. The van der Waals surface area contributed by atoms with Gasteiger partial charge in [0.05, 0.1) is 20.9 Å². The summed E-state index contributed by atoms with van der Waals surface area (Å²) in [4.78, 5) is 25.7. The zero-order valence-electron chi connectivity index (χ0n) is 13.7. The number of nitro groups is 1. The van der Waals surface area contributed by atoms with Crippen molar-refractivity contribution in [2.24, 2.45) is 0 Å². The number of carboxylic acid groups (broad SMARTS) is 1. The van der Waals surface area contributed by atoms with Crippen LogP contribution in [0, 0.1) is 24.0 Å². The summed E-state index contributed by atoms with van der Waals surface area (Å²) in [7, 11) is -4.12. The van der Waals surface area contributed by atoms with Crippen LogP contribution in [0.15, 0.2) is 41.3 Å². The molecule has 0 radical (unpaired) electrons. The average Bonchev–Trinajstić information content (AvgIpc) is 2.90. The predicted octanol–water partition coefficient (Wildman–Crippen LogP) is 2.50. The molecule has 0 fully saturated rings. The first kappa shape index (κ1) is 17.5. The van der Waals surface area contributed by atoms with Crippen LogP contribution in [0.3, 0.4) is 0 Å². The molecule has 0 aliphatic heterocycles. The maximum Gasteiger partial charge on any atom is 0.336 e. The van der Waals surface area contributed by atoms with E-state index in [1.54, 1.807) is 19.1 Å². The van der Waals surface area contributed by atoms with Gasteiger partial charge in [-0.25, -0.2) is 22.2 Å². The van der Waals surface area contributed by atoms with Gasteiger partial charge < -0.3 is 5.11 Å². The lowest BCUT2D eigenvalue weighted by molar-refractivity contribution is -0.383. The normalized spacial score (nSPS) is 11.6. The molecule has 2 aromatic carbocycles. The second-order valence-corrected chi connectivity index (χ2v) is 7.45. The Morgan fingerprint density at radius 2 is 1.81 bits per heavy atom. The van der Waals surface area contributed by atoms with Crippen molar-refractivity contribution >= 4 is 32.7 Å². The number of rotatable bonds is 4. The monoisotopic (exact) mass is 375 g/mol. The van der Waals surface area contributed by atoms with Crippen LogP contribution in [0.25, 0.3) is 11.0 Å². The van der Waals surface area contributed by atoms with Gasteiger partial charge in [0, 0.05) is 6.07 Å². The van der Waals surface area contributed by atoms with E-state index in [0.717, 1.165) is 21.7 Å². The summed E-state index contributed by atoms with van der Waals surface area (Å²) in [6.45, 7) is 3.19. The third kappa shape index (κ3) is 2.69. The van der Waals surface area contributed by atoms with Gasteiger partial charge in [0.15, 0.2) is 5.52 Å². The number of imidazole rings is 1. The minimum absolute atomic E-state index is 0.00814. The molecule has 0 saturated heterocycles. The predicted molar refractivity (Wildman–Crippen MR) is 91.8 cm³/mol. The fourth-order valence-corrected chi connectivity index (χ4v) is 4.11. The SMILES string of the molecule is Cc1ccc(S(=O)(=O)n2c(C)nc3c([N+](=O)[O-])cc(C(=O)O)cc32)cc1. The molecular formula is C16H13N3O6S. The molecule has 0 aliphatic rings. The summed E-state index contributed by atoms with van der Waals surface area (Å²) in [6, 6.07) is 7.98. The zero-order chi connectivity index (χ0) is 19.2. The molecule has 0 bridgehead atoms. The van der Waals surface area contributed by atoms with Crippen LogP contribution in [0.2, 0.25) is 0 Å². The van der Waals surface area contributed by atoms with E-state index in [1.165, 1.54) is 19.1 Å². The molecule has 0 unspecified atom stereocenters. The number of aromatic carboxylic acids is 1. The Morgan fingerprint density at radius 3 is 2.35 bits per heavy atom. The van der Waals surface area contributed by atoms with Crippen LogP contribution >= 0.6 is 0 Å². The molecule has 0 aliphatic carbocycles. The average molecular weight is 375 g/mol. The second kappa shape index (κ2) is 5.92. The first-order chi connectivity index (χ1) is 12.1. The standard InChI is InChI=1S/C16H13N3O6S/c1-9-3-5-12(6-4-9)26(24,25)18-10(2)17-15-13(18)7-11(16(20)21)8-14(15)19(22)23/h3-8H,1-2H3,(H,20,21). The fraction of sp³-hybridized carbons (Fsp3) is 0.125. The van der Waals surface area contributed by atoms with E-state index in [4.69, 9.17) is 0 Å². The van der Waals surface area contributed by atoms with Crippen LogP contribution in [0.1, 0.15) is 21.7 Å². The number of nitro benzene ring substituents is 1. The minimum Gasteiger partial charge on any atom is -0.478 e. The molecule has 134 valence electrons. The molecule has 0 atom stereocenters. The third-order valence-electron chi connectivity index (χ3n) is 3.86. The largest absolute Gasteiger partial charge is 0.478 e. The van der Waals surface area contributed by atoms with E-state index in [9.17, 15) is 28.4 Å². The highest BCUT2D eigenvalue weighted by molar-refractivity contribution is 7.90. The van der Waals surface area contributed by atoms with Crippen molar-refractivity contribution < 1.29 is 23.2 Å². The molecule has 10 heteroatoms. The van der Waals surface area contributed by atoms with Crippen molar-refractivity contribution in [3.8, 4) is 0 Å². The van der Waals surface area contributed by atoms with Crippen molar-refractivity contribution in [2.45, 2.75) is 18.7 Å². The molecule has 3 rings (SSSR count). The van der Waals surface area contributed by atoms with Crippen molar-refractivity contribution in [3.63, 3.8) is 0 Å². The van der Waals surface area contributed by atoms with Gasteiger partial charge in [0.2, 0.25) is 0 Å². The van der Waals surface area contributed by atoms with Gasteiger partial charge >= 0.3 is 5.97 Å². The van der Waals surface area contributed by atoms with Crippen LogP contribution in [-0.4, -0.2) is 33.4 Å². The fourth-order valence-electron chi connectivity index (χ4n) is 2.64.